The van der Waals surface area contributed by atoms with Gasteiger partial charge in [-0.05, 0) is 62.7 Å². The minimum atomic E-state index is -4.45. The summed E-state index contributed by atoms with van der Waals surface area (Å²) in [6.45, 7) is 4.71. The number of nitrogens with zero attached hydrogens (tertiary/aromatic N) is 3. The molecule has 0 spiro atoms. The number of benzene rings is 2. The van der Waals surface area contributed by atoms with Gasteiger partial charge in [0, 0.05) is 11.8 Å². The third-order valence-electron chi connectivity index (χ3n) is 5.77. The first-order valence-corrected chi connectivity index (χ1v) is 12.6. The maximum Gasteiger partial charge on any atom is 0.416 e. The van der Waals surface area contributed by atoms with E-state index in [-0.39, 0.29) is 12.5 Å². The molecule has 0 aliphatic carbocycles. The van der Waals surface area contributed by atoms with E-state index in [0.29, 0.717) is 32.7 Å². The number of carboxylic acids is 1. The highest BCUT2D eigenvalue weighted by Gasteiger charge is 2.31. The third-order valence-corrected chi connectivity index (χ3v) is 6.97. The molecule has 2 heterocycles. The van der Waals surface area contributed by atoms with E-state index in [1.165, 1.54) is 30.9 Å². The van der Waals surface area contributed by atoms with Gasteiger partial charge in [0.25, 0.3) is 5.91 Å². The molecule has 11 heteroatoms. The predicted molar refractivity (Wildman–Crippen MR) is 141 cm³/mol. The maximum atomic E-state index is 13.7. The van der Waals surface area contributed by atoms with E-state index in [1.54, 1.807) is 55.6 Å². The zero-order valence-corrected chi connectivity index (χ0v) is 22.0. The van der Waals surface area contributed by atoms with Crippen LogP contribution in [0.1, 0.15) is 40.3 Å². The van der Waals surface area contributed by atoms with Gasteiger partial charge in [0.15, 0.2) is 5.60 Å². The van der Waals surface area contributed by atoms with Crippen LogP contribution in [0.4, 0.5) is 19.0 Å². The number of carbonyl (C=O) groups is 2. The van der Waals surface area contributed by atoms with Crippen LogP contribution < -0.4 is 9.64 Å². The number of carboxylic acid groups (broad SMARTS) is 1. The van der Waals surface area contributed by atoms with Gasteiger partial charge in [-0.15, -0.1) is 11.3 Å². The van der Waals surface area contributed by atoms with Gasteiger partial charge in [0.05, 0.1) is 17.8 Å². The Morgan fingerprint density at radius 1 is 1.00 bits per heavy atom. The van der Waals surface area contributed by atoms with Gasteiger partial charge in [-0.2, -0.15) is 13.2 Å². The predicted octanol–water partition coefficient (Wildman–Crippen LogP) is 6.62. The normalized spacial score (nSPS) is 11.7. The number of thiazole rings is 1. The molecule has 0 bridgehead atoms. The second-order valence-corrected chi connectivity index (χ2v) is 10.1. The van der Waals surface area contributed by atoms with Crippen LogP contribution in [0.3, 0.4) is 0 Å². The number of anilines is 1. The summed E-state index contributed by atoms with van der Waals surface area (Å²) in [6.07, 6.45) is -2.88. The van der Waals surface area contributed by atoms with Crippen molar-refractivity contribution in [2.24, 2.45) is 0 Å². The van der Waals surface area contributed by atoms with E-state index in [4.69, 9.17) is 4.74 Å². The van der Waals surface area contributed by atoms with Crippen molar-refractivity contribution in [3.8, 4) is 16.3 Å². The lowest BCUT2D eigenvalue weighted by molar-refractivity contribution is -0.152. The summed E-state index contributed by atoms with van der Waals surface area (Å²) in [7, 11) is 0. The van der Waals surface area contributed by atoms with Gasteiger partial charge in [0.2, 0.25) is 0 Å². The van der Waals surface area contributed by atoms with Crippen molar-refractivity contribution >= 4 is 29.0 Å². The molecule has 202 valence electrons. The van der Waals surface area contributed by atoms with E-state index < -0.39 is 23.3 Å². The molecule has 1 N–H and O–H groups in total. The second-order valence-electron chi connectivity index (χ2n) is 9.15. The second kappa shape index (κ2) is 10.9. The lowest BCUT2D eigenvalue weighted by Gasteiger charge is -2.23. The van der Waals surface area contributed by atoms with Crippen LogP contribution in [0.15, 0.2) is 72.9 Å². The molecule has 2 aromatic carbocycles. The van der Waals surface area contributed by atoms with E-state index >= 15 is 0 Å². The standard InChI is InChI=1S/C28H24F3N3O4S/c1-17-23(39-24(33-17)19-9-11-20(12-10-19)28(29,30)31)25(35)34(22-6-4-5-15-32-22)16-18-7-13-21(14-8-18)38-27(2,3)26(36)37/h4-15H,16H2,1-3H3,(H,36,37). The fourth-order valence-corrected chi connectivity index (χ4v) is 4.62. The average Bonchev–Trinajstić information content (AvgIpc) is 3.29. The largest absolute Gasteiger partial charge is 0.478 e. The van der Waals surface area contributed by atoms with Crippen LogP contribution in [0.2, 0.25) is 0 Å². The molecule has 0 aliphatic rings. The summed E-state index contributed by atoms with van der Waals surface area (Å²) in [5.41, 5.74) is -0.522. The summed E-state index contributed by atoms with van der Waals surface area (Å²) in [4.78, 5) is 35.7. The minimum absolute atomic E-state index is 0.144. The first-order chi connectivity index (χ1) is 18.3. The van der Waals surface area contributed by atoms with Crippen molar-refractivity contribution in [1.29, 1.82) is 0 Å². The van der Waals surface area contributed by atoms with Crippen LogP contribution in [0, 0.1) is 6.92 Å². The molecule has 1 amide bonds. The number of ether oxygens (including phenoxy) is 1. The number of hydrogen-bond donors (Lipinski definition) is 1. The Hall–Kier alpha value is -4.25. The number of halogens is 3. The average molecular weight is 556 g/mol. The van der Waals surface area contributed by atoms with Gasteiger partial charge < -0.3 is 9.84 Å². The van der Waals surface area contributed by atoms with Crippen LogP contribution in [0.25, 0.3) is 10.6 Å². The van der Waals surface area contributed by atoms with Crippen LogP contribution >= 0.6 is 11.3 Å². The van der Waals surface area contributed by atoms with Crippen molar-refractivity contribution in [2.75, 3.05) is 4.90 Å². The molecule has 7 nitrogen and oxygen atoms in total. The Morgan fingerprint density at radius 2 is 1.67 bits per heavy atom. The summed E-state index contributed by atoms with van der Waals surface area (Å²) < 4.78 is 44.4. The summed E-state index contributed by atoms with van der Waals surface area (Å²) in [5.74, 6) is -0.705. The number of aromatic nitrogens is 2. The smallest absolute Gasteiger partial charge is 0.416 e. The molecule has 0 radical (unpaired) electrons. The maximum absolute atomic E-state index is 13.7. The first kappa shape index (κ1) is 27.8. The van der Waals surface area contributed by atoms with Crippen molar-refractivity contribution in [2.45, 2.75) is 39.1 Å². The summed E-state index contributed by atoms with van der Waals surface area (Å²) in [6, 6.07) is 16.5. The lowest BCUT2D eigenvalue weighted by Crippen LogP contribution is -2.37. The Kier molecular flexibility index (Phi) is 7.73. The fourth-order valence-electron chi connectivity index (χ4n) is 3.60. The lowest BCUT2D eigenvalue weighted by atomic mass is 10.1. The Morgan fingerprint density at radius 3 is 2.23 bits per heavy atom. The molecule has 0 atom stereocenters. The number of rotatable bonds is 8. The molecule has 0 fully saturated rings. The molecule has 4 rings (SSSR count). The molecule has 0 saturated carbocycles. The quantitative estimate of drug-likeness (QED) is 0.263. The Labute approximate surface area is 226 Å². The van der Waals surface area contributed by atoms with Crippen LogP contribution in [0.5, 0.6) is 5.75 Å². The number of aryl methyl sites for hydroxylation is 1. The van der Waals surface area contributed by atoms with Gasteiger partial charge in [-0.3, -0.25) is 9.69 Å². The number of hydrogen-bond acceptors (Lipinski definition) is 6. The minimum Gasteiger partial charge on any atom is -0.478 e. The van der Waals surface area contributed by atoms with Crippen molar-refractivity contribution < 1.29 is 32.6 Å². The third kappa shape index (κ3) is 6.43. The van der Waals surface area contributed by atoms with E-state index in [1.807, 2.05) is 0 Å². The number of aliphatic carboxylic acids is 1. The van der Waals surface area contributed by atoms with Gasteiger partial charge in [-0.1, -0.05) is 30.3 Å². The molecule has 4 aromatic rings. The molecule has 39 heavy (non-hydrogen) atoms. The molecular weight excluding hydrogens is 531 g/mol. The number of amides is 1. The number of alkyl halides is 3. The fraction of sp³-hybridized carbons (Fsp3) is 0.214. The van der Waals surface area contributed by atoms with Gasteiger partial charge in [0.1, 0.15) is 21.5 Å². The SMILES string of the molecule is Cc1nc(-c2ccc(C(F)(F)F)cc2)sc1C(=O)N(Cc1ccc(OC(C)(C)C(=O)O)cc1)c1ccccn1. The first-order valence-electron chi connectivity index (χ1n) is 11.7. The van der Waals surface area contributed by atoms with E-state index in [0.717, 1.165) is 29.0 Å². The zero-order valence-electron chi connectivity index (χ0n) is 21.2. The van der Waals surface area contributed by atoms with E-state index in [9.17, 15) is 27.9 Å². The van der Waals surface area contributed by atoms with Gasteiger partial charge in [-0.25, -0.2) is 14.8 Å². The zero-order chi connectivity index (χ0) is 28.4. The molecule has 2 aromatic heterocycles. The topological polar surface area (TPSA) is 92.6 Å². The Bertz CT molecular complexity index is 1470. The monoisotopic (exact) mass is 555 g/mol. The number of carbonyl (C=O) groups excluding carboxylic acids is 1. The molecule has 0 aliphatic heterocycles. The van der Waals surface area contributed by atoms with Crippen molar-refractivity contribution in [1.82, 2.24) is 9.97 Å². The number of pyridine rings is 1. The summed E-state index contributed by atoms with van der Waals surface area (Å²) in [5, 5.41) is 9.71. The van der Waals surface area contributed by atoms with E-state index in [2.05, 4.69) is 9.97 Å². The van der Waals surface area contributed by atoms with Crippen molar-refractivity contribution in [3.63, 3.8) is 0 Å². The van der Waals surface area contributed by atoms with Crippen LogP contribution in [-0.2, 0) is 17.5 Å². The molecule has 0 saturated heterocycles. The van der Waals surface area contributed by atoms with Crippen LogP contribution in [-0.4, -0.2) is 32.6 Å². The molecule has 0 unspecified atom stereocenters. The molecular formula is C28H24F3N3O4S. The highest BCUT2D eigenvalue weighted by Crippen LogP contribution is 2.34. The highest BCUT2D eigenvalue weighted by atomic mass is 32.1. The summed E-state index contributed by atoms with van der Waals surface area (Å²) >= 11 is 1.09. The highest BCUT2D eigenvalue weighted by molar-refractivity contribution is 7.17. The van der Waals surface area contributed by atoms with Gasteiger partial charge >= 0.3 is 12.1 Å². The van der Waals surface area contributed by atoms with Crippen molar-refractivity contribution in [3.05, 3.63) is 94.6 Å². The Balaban J connectivity index is 1.61.